The van der Waals surface area contributed by atoms with Crippen molar-refractivity contribution in [1.82, 2.24) is 5.32 Å². The van der Waals surface area contributed by atoms with E-state index in [0.29, 0.717) is 6.42 Å². The minimum atomic E-state index is 0.0894. The Hall–Kier alpha value is -0.960. The number of hydrogen-bond acceptors (Lipinski definition) is 2. The maximum Gasteiger partial charge on any atom is 0.224 e. The lowest BCUT2D eigenvalue weighted by Crippen LogP contribution is -2.31. The molecule has 1 aromatic carbocycles. The molecule has 0 fully saturated rings. The third-order valence-corrected chi connectivity index (χ3v) is 2.83. The van der Waals surface area contributed by atoms with Crippen LogP contribution in [0.1, 0.15) is 19.4 Å². The van der Waals surface area contributed by atoms with Gasteiger partial charge in [-0.3, -0.25) is 4.79 Å². The predicted molar refractivity (Wildman–Crippen MR) is 65.2 cm³/mol. The van der Waals surface area contributed by atoms with E-state index in [4.69, 9.17) is 0 Å². The fourth-order valence-electron chi connectivity index (χ4n) is 1.39. The molecule has 3 heteroatoms. The summed E-state index contributed by atoms with van der Waals surface area (Å²) in [6.07, 6.45) is 2.49. The molecule has 0 bridgehead atoms. The molecule has 82 valence electrons. The minimum absolute atomic E-state index is 0.0894. The molecule has 0 aliphatic rings. The lowest BCUT2D eigenvalue weighted by Gasteiger charge is -2.10. The highest BCUT2D eigenvalue weighted by molar-refractivity contribution is 7.98. The van der Waals surface area contributed by atoms with Gasteiger partial charge >= 0.3 is 0 Å². The highest BCUT2D eigenvalue weighted by atomic mass is 32.2. The molecule has 0 radical (unpaired) electrons. The Balaban J connectivity index is 2.67. The number of carbonyl (C=O) groups is 1. The van der Waals surface area contributed by atoms with Gasteiger partial charge in [-0.05, 0) is 31.7 Å². The number of thioether (sulfide) groups is 1. The summed E-state index contributed by atoms with van der Waals surface area (Å²) >= 11 is 1.68. The Labute approximate surface area is 95.5 Å². The first-order valence-electron chi connectivity index (χ1n) is 5.04. The van der Waals surface area contributed by atoms with E-state index in [-0.39, 0.29) is 11.9 Å². The molecule has 0 aromatic heterocycles. The molecule has 2 nitrogen and oxygen atoms in total. The van der Waals surface area contributed by atoms with E-state index in [2.05, 4.69) is 5.32 Å². The molecule has 0 unspecified atom stereocenters. The number of rotatable bonds is 4. The Morgan fingerprint density at radius 1 is 1.40 bits per heavy atom. The van der Waals surface area contributed by atoms with Gasteiger partial charge < -0.3 is 5.32 Å². The van der Waals surface area contributed by atoms with Gasteiger partial charge in [-0.2, -0.15) is 0 Å². The van der Waals surface area contributed by atoms with Crippen molar-refractivity contribution in [1.29, 1.82) is 0 Å². The molecular formula is C12H17NOS. The Kier molecular flexibility index (Phi) is 4.69. The minimum Gasteiger partial charge on any atom is -0.354 e. The summed E-state index contributed by atoms with van der Waals surface area (Å²) < 4.78 is 0. The average Bonchev–Trinajstić information content (AvgIpc) is 2.17. The van der Waals surface area contributed by atoms with Crippen LogP contribution in [0, 0.1) is 0 Å². The first-order valence-corrected chi connectivity index (χ1v) is 6.27. The van der Waals surface area contributed by atoms with Crippen molar-refractivity contribution in [2.24, 2.45) is 0 Å². The number of nitrogens with one attached hydrogen (secondary N) is 1. The molecule has 0 heterocycles. The molecule has 1 aromatic rings. The van der Waals surface area contributed by atoms with Crippen molar-refractivity contribution in [3.05, 3.63) is 29.8 Å². The van der Waals surface area contributed by atoms with Gasteiger partial charge in [-0.15, -0.1) is 11.8 Å². The summed E-state index contributed by atoms with van der Waals surface area (Å²) in [5, 5.41) is 2.89. The number of amides is 1. The van der Waals surface area contributed by atoms with E-state index >= 15 is 0 Å². The van der Waals surface area contributed by atoms with Crippen LogP contribution in [0.15, 0.2) is 29.2 Å². The predicted octanol–water partition coefficient (Wildman–Crippen LogP) is 2.48. The van der Waals surface area contributed by atoms with Crippen LogP contribution < -0.4 is 5.32 Å². The molecule has 0 saturated heterocycles. The van der Waals surface area contributed by atoms with Gasteiger partial charge in [0, 0.05) is 10.9 Å². The molecule has 0 saturated carbocycles. The second kappa shape index (κ2) is 5.81. The van der Waals surface area contributed by atoms with Gasteiger partial charge in [0.1, 0.15) is 0 Å². The van der Waals surface area contributed by atoms with Gasteiger partial charge in [0.05, 0.1) is 6.42 Å². The van der Waals surface area contributed by atoms with E-state index < -0.39 is 0 Å². The Morgan fingerprint density at radius 2 is 2.07 bits per heavy atom. The van der Waals surface area contributed by atoms with Gasteiger partial charge in [-0.1, -0.05) is 18.2 Å². The van der Waals surface area contributed by atoms with Crippen molar-refractivity contribution in [2.75, 3.05) is 6.26 Å². The second-order valence-electron chi connectivity index (χ2n) is 3.71. The topological polar surface area (TPSA) is 29.1 Å². The van der Waals surface area contributed by atoms with Crippen LogP contribution in [0.3, 0.4) is 0 Å². The SMILES string of the molecule is CSc1ccccc1CC(=O)NC(C)C. The van der Waals surface area contributed by atoms with Crippen molar-refractivity contribution < 1.29 is 4.79 Å². The molecule has 0 atom stereocenters. The van der Waals surface area contributed by atoms with Gasteiger partial charge in [-0.25, -0.2) is 0 Å². The summed E-state index contributed by atoms with van der Waals surface area (Å²) in [6, 6.07) is 8.22. The smallest absolute Gasteiger partial charge is 0.224 e. The standard InChI is InChI=1S/C12H17NOS/c1-9(2)13-12(14)8-10-6-4-5-7-11(10)15-3/h4-7,9H,8H2,1-3H3,(H,13,14). The highest BCUT2D eigenvalue weighted by Crippen LogP contribution is 2.20. The van der Waals surface area contributed by atoms with Crippen molar-refractivity contribution in [2.45, 2.75) is 31.2 Å². The second-order valence-corrected chi connectivity index (χ2v) is 4.56. The van der Waals surface area contributed by atoms with E-state index in [1.807, 2.05) is 44.4 Å². The molecule has 1 N–H and O–H groups in total. The maximum atomic E-state index is 11.6. The van der Waals surface area contributed by atoms with Crippen molar-refractivity contribution >= 4 is 17.7 Å². The largest absolute Gasteiger partial charge is 0.354 e. The van der Waals surface area contributed by atoms with Crippen molar-refractivity contribution in [3.63, 3.8) is 0 Å². The fourth-order valence-corrected chi connectivity index (χ4v) is 2.01. The van der Waals surface area contributed by atoms with E-state index in [1.165, 1.54) is 4.90 Å². The lowest BCUT2D eigenvalue weighted by molar-refractivity contribution is -0.120. The van der Waals surface area contributed by atoms with E-state index in [1.54, 1.807) is 11.8 Å². The summed E-state index contributed by atoms with van der Waals surface area (Å²) in [7, 11) is 0. The Morgan fingerprint density at radius 3 is 2.67 bits per heavy atom. The average molecular weight is 223 g/mol. The fraction of sp³-hybridized carbons (Fsp3) is 0.417. The molecular weight excluding hydrogens is 206 g/mol. The highest BCUT2D eigenvalue weighted by Gasteiger charge is 2.07. The summed E-state index contributed by atoms with van der Waals surface area (Å²) in [5.74, 6) is 0.0894. The summed E-state index contributed by atoms with van der Waals surface area (Å²) in [4.78, 5) is 12.7. The third kappa shape index (κ3) is 3.96. The zero-order valence-electron chi connectivity index (χ0n) is 9.41. The van der Waals surface area contributed by atoms with Crippen LogP contribution in [-0.2, 0) is 11.2 Å². The molecule has 1 amide bonds. The van der Waals surface area contributed by atoms with Crippen LogP contribution in [0.25, 0.3) is 0 Å². The van der Waals surface area contributed by atoms with Crippen LogP contribution in [0.2, 0.25) is 0 Å². The van der Waals surface area contributed by atoms with Gasteiger partial charge in [0.25, 0.3) is 0 Å². The number of carbonyl (C=O) groups excluding carboxylic acids is 1. The maximum absolute atomic E-state index is 11.6. The quantitative estimate of drug-likeness (QED) is 0.795. The van der Waals surface area contributed by atoms with E-state index in [9.17, 15) is 4.79 Å². The van der Waals surface area contributed by atoms with Gasteiger partial charge in [0.2, 0.25) is 5.91 Å². The monoisotopic (exact) mass is 223 g/mol. The zero-order chi connectivity index (χ0) is 11.3. The van der Waals surface area contributed by atoms with Gasteiger partial charge in [0.15, 0.2) is 0 Å². The molecule has 0 spiro atoms. The van der Waals surface area contributed by atoms with Crippen molar-refractivity contribution in [3.8, 4) is 0 Å². The van der Waals surface area contributed by atoms with Crippen LogP contribution in [0.4, 0.5) is 0 Å². The van der Waals surface area contributed by atoms with Crippen LogP contribution in [0.5, 0.6) is 0 Å². The molecule has 1 rings (SSSR count). The third-order valence-electron chi connectivity index (χ3n) is 1.99. The summed E-state index contributed by atoms with van der Waals surface area (Å²) in [6.45, 7) is 3.94. The lowest BCUT2D eigenvalue weighted by atomic mass is 10.1. The van der Waals surface area contributed by atoms with Crippen LogP contribution >= 0.6 is 11.8 Å². The number of hydrogen-bond donors (Lipinski definition) is 1. The van der Waals surface area contributed by atoms with Crippen LogP contribution in [-0.4, -0.2) is 18.2 Å². The number of benzene rings is 1. The molecule has 0 aliphatic heterocycles. The first-order chi connectivity index (χ1) is 7.13. The zero-order valence-corrected chi connectivity index (χ0v) is 10.2. The molecule has 0 aliphatic carbocycles. The van der Waals surface area contributed by atoms with E-state index in [0.717, 1.165) is 5.56 Å². The first kappa shape index (κ1) is 12.1. The summed E-state index contributed by atoms with van der Waals surface area (Å²) in [5.41, 5.74) is 1.10. The normalized spacial score (nSPS) is 10.4. The Bertz CT molecular complexity index is 336. The molecule has 15 heavy (non-hydrogen) atoms.